The summed E-state index contributed by atoms with van der Waals surface area (Å²) in [6, 6.07) is 4.21. The molecule has 1 aliphatic rings. The van der Waals surface area contributed by atoms with E-state index in [-0.39, 0.29) is 29.3 Å². The van der Waals surface area contributed by atoms with Gasteiger partial charge in [0, 0.05) is 37.1 Å². The van der Waals surface area contributed by atoms with Gasteiger partial charge in [-0.05, 0) is 25.0 Å². The van der Waals surface area contributed by atoms with Crippen LogP contribution in [0, 0.1) is 5.82 Å². The summed E-state index contributed by atoms with van der Waals surface area (Å²) >= 11 is 0. The molecule has 30 heavy (non-hydrogen) atoms. The van der Waals surface area contributed by atoms with Gasteiger partial charge < -0.3 is 31.6 Å². The van der Waals surface area contributed by atoms with Gasteiger partial charge in [-0.2, -0.15) is 0 Å². The van der Waals surface area contributed by atoms with Crippen LogP contribution in [0.15, 0.2) is 24.4 Å². The molecule has 9 nitrogen and oxygen atoms in total. The number of carbonyl (C=O) groups is 1. The lowest BCUT2D eigenvalue weighted by Gasteiger charge is -2.30. The number of nitrogens with one attached hydrogen (secondary N) is 2. The number of pyridine rings is 2. The van der Waals surface area contributed by atoms with Crippen LogP contribution in [0.3, 0.4) is 0 Å². The molecule has 0 aromatic carbocycles. The van der Waals surface area contributed by atoms with E-state index in [0.29, 0.717) is 24.8 Å². The van der Waals surface area contributed by atoms with Crippen LogP contribution in [0.5, 0.6) is 5.88 Å². The Morgan fingerprint density at radius 3 is 2.80 bits per heavy atom. The van der Waals surface area contributed by atoms with Gasteiger partial charge in [-0.15, -0.1) is 0 Å². The second kappa shape index (κ2) is 10.2. The summed E-state index contributed by atoms with van der Waals surface area (Å²) in [4.78, 5) is 20.2. The average Bonchev–Trinajstić information content (AvgIpc) is 2.72. The van der Waals surface area contributed by atoms with Gasteiger partial charge in [0.15, 0.2) is 11.6 Å². The number of hydrogen-bond acceptors (Lipinski definition) is 8. The lowest BCUT2D eigenvalue weighted by molar-refractivity contribution is 0.100. The number of primary amides is 1. The van der Waals surface area contributed by atoms with Crippen molar-refractivity contribution in [1.82, 2.24) is 9.97 Å². The number of nitrogens with two attached hydrogens (primary N) is 2. The Labute approximate surface area is 174 Å². The molecule has 2 unspecified atom stereocenters. The van der Waals surface area contributed by atoms with Crippen LogP contribution in [-0.2, 0) is 4.74 Å². The highest BCUT2D eigenvalue weighted by atomic mass is 19.1. The largest absolute Gasteiger partial charge is 0.475 e. The SMILES string of the molecule is COCCOc1cc(Nc2nc(NC3CCCCC3N)c(F)cc2C(N)=O)ccn1. The van der Waals surface area contributed by atoms with Gasteiger partial charge in [0.1, 0.15) is 12.4 Å². The molecule has 0 spiro atoms. The third kappa shape index (κ3) is 5.55. The Bertz CT molecular complexity index is 882. The van der Waals surface area contributed by atoms with E-state index in [1.165, 1.54) is 6.20 Å². The third-order valence-corrected chi connectivity index (χ3v) is 4.92. The number of amides is 1. The van der Waals surface area contributed by atoms with Crippen molar-refractivity contribution in [1.29, 1.82) is 0 Å². The molecule has 3 rings (SSSR count). The van der Waals surface area contributed by atoms with E-state index in [2.05, 4.69) is 20.6 Å². The van der Waals surface area contributed by atoms with E-state index in [9.17, 15) is 9.18 Å². The van der Waals surface area contributed by atoms with Crippen LogP contribution in [0.2, 0.25) is 0 Å². The molecule has 2 atom stereocenters. The topological polar surface area (TPSA) is 137 Å². The van der Waals surface area contributed by atoms with Crippen molar-refractivity contribution < 1.29 is 18.7 Å². The number of carbonyl (C=O) groups excluding carboxylic acids is 1. The summed E-state index contributed by atoms with van der Waals surface area (Å²) in [5.41, 5.74) is 12.1. The molecule has 2 aromatic heterocycles. The lowest BCUT2D eigenvalue weighted by atomic mass is 9.91. The highest BCUT2D eigenvalue weighted by molar-refractivity contribution is 5.98. The number of rotatable bonds is 9. The molecular weight excluding hydrogens is 391 g/mol. The minimum absolute atomic E-state index is 0.0236. The van der Waals surface area contributed by atoms with Crippen LogP contribution in [0.25, 0.3) is 0 Å². The molecule has 1 saturated carbocycles. The van der Waals surface area contributed by atoms with E-state index in [4.69, 9.17) is 20.9 Å². The predicted octanol–water partition coefficient (Wildman–Crippen LogP) is 2.17. The molecule has 2 aromatic rings. The fourth-order valence-electron chi connectivity index (χ4n) is 3.32. The van der Waals surface area contributed by atoms with Crippen LogP contribution >= 0.6 is 0 Å². The van der Waals surface area contributed by atoms with Crippen LogP contribution in [0.1, 0.15) is 36.0 Å². The highest BCUT2D eigenvalue weighted by Crippen LogP contribution is 2.27. The zero-order valence-corrected chi connectivity index (χ0v) is 16.9. The first-order chi connectivity index (χ1) is 14.5. The van der Waals surface area contributed by atoms with Gasteiger partial charge in [-0.3, -0.25) is 4.79 Å². The van der Waals surface area contributed by atoms with Gasteiger partial charge in [0.25, 0.3) is 5.91 Å². The first kappa shape index (κ1) is 21.7. The first-order valence-corrected chi connectivity index (χ1v) is 9.85. The molecule has 0 aliphatic heterocycles. The maximum absolute atomic E-state index is 14.6. The van der Waals surface area contributed by atoms with Gasteiger partial charge >= 0.3 is 0 Å². The van der Waals surface area contributed by atoms with E-state index in [1.54, 1.807) is 19.2 Å². The Kier molecular flexibility index (Phi) is 7.36. The van der Waals surface area contributed by atoms with Crippen LogP contribution in [0.4, 0.5) is 21.7 Å². The molecule has 162 valence electrons. The summed E-state index contributed by atoms with van der Waals surface area (Å²) in [6.45, 7) is 0.757. The zero-order valence-electron chi connectivity index (χ0n) is 16.9. The molecule has 0 radical (unpaired) electrons. The second-order valence-corrected chi connectivity index (χ2v) is 7.13. The summed E-state index contributed by atoms with van der Waals surface area (Å²) in [6.07, 6.45) is 5.31. The van der Waals surface area contributed by atoms with Gasteiger partial charge in [0.05, 0.1) is 12.2 Å². The summed E-state index contributed by atoms with van der Waals surface area (Å²) in [5, 5.41) is 6.08. The Hall–Kier alpha value is -2.98. The summed E-state index contributed by atoms with van der Waals surface area (Å²) < 4.78 is 25.0. The summed E-state index contributed by atoms with van der Waals surface area (Å²) in [5.74, 6) is -0.938. The van der Waals surface area contributed by atoms with Crippen LogP contribution < -0.4 is 26.8 Å². The minimum atomic E-state index is -0.796. The first-order valence-electron chi connectivity index (χ1n) is 9.85. The van der Waals surface area contributed by atoms with Crippen LogP contribution in [-0.4, -0.2) is 48.3 Å². The van der Waals surface area contributed by atoms with Gasteiger partial charge in [0.2, 0.25) is 5.88 Å². The van der Waals surface area contributed by atoms with E-state index >= 15 is 0 Å². The van der Waals surface area contributed by atoms with Crippen molar-refractivity contribution in [2.45, 2.75) is 37.8 Å². The number of anilines is 3. The minimum Gasteiger partial charge on any atom is -0.475 e. The van der Waals surface area contributed by atoms with Gasteiger partial charge in [-0.1, -0.05) is 12.8 Å². The second-order valence-electron chi connectivity index (χ2n) is 7.13. The Morgan fingerprint density at radius 2 is 2.07 bits per heavy atom. The van der Waals surface area contributed by atoms with Crippen molar-refractivity contribution in [2.24, 2.45) is 11.5 Å². The smallest absolute Gasteiger partial charge is 0.252 e. The molecule has 10 heteroatoms. The van der Waals surface area contributed by atoms with Crippen molar-refractivity contribution >= 4 is 23.2 Å². The van der Waals surface area contributed by atoms with E-state index in [0.717, 1.165) is 31.7 Å². The average molecular weight is 418 g/mol. The predicted molar refractivity (Wildman–Crippen MR) is 111 cm³/mol. The van der Waals surface area contributed by atoms with Crippen molar-refractivity contribution in [3.05, 3.63) is 35.8 Å². The number of halogens is 1. The molecule has 0 bridgehead atoms. The monoisotopic (exact) mass is 418 g/mol. The molecular formula is C20H27FN6O3. The Balaban J connectivity index is 1.83. The van der Waals surface area contributed by atoms with E-state index < -0.39 is 11.7 Å². The zero-order chi connectivity index (χ0) is 21.5. The number of methoxy groups -OCH3 is 1. The lowest BCUT2D eigenvalue weighted by Crippen LogP contribution is -2.43. The maximum atomic E-state index is 14.6. The number of aromatic nitrogens is 2. The fourth-order valence-corrected chi connectivity index (χ4v) is 3.32. The molecule has 0 saturated heterocycles. The third-order valence-electron chi connectivity index (χ3n) is 4.92. The normalized spacial score (nSPS) is 18.6. The van der Waals surface area contributed by atoms with Gasteiger partial charge in [-0.25, -0.2) is 14.4 Å². The molecule has 6 N–H and O–H groups in total. The van der Waals surface area contributed by atoms with Crippen molar-refractivity contribution in [3.63, 3.8) is 0 Å². The molecule has 1 fully saturated rings. The number of nitrogens with zero attached hydrogens (tertiary/aromatic N) is 2. The fraction of sp³-hybridized carbons (Fsp3) is 0.450. The van der Waals surface area contributed by atoms with Crippen molar-refractivity contribution in [3.8, 4) is 5.88 Å². The molecule has 1 amide bonds. The maximum Gasteiger partial charge on any atom is 0.252 e. The number of hydrogen-bond donors (Lipinski definition) is 4. The number of ether oxygens (including phenoxy) is 2. The van der Waals surface area contributed by atoms with Crippen molar-refractivity contribution in [2.75, 3.05) is 31.0 Å². The highest BCUT2D eigenvalue weighted by Gasteiger charge is 2.24. The molecule has 2 heterocycles. The molecule has 1 aliphatic carbocycles. The van der Waals surface area contributed by atoms with E-state index in [1.807, 2.05) is 0 Å². The Morgan fingerprint density at radius 1 is 1.27 bits per heavy atom. The quantitative estimate of drug-likeness (QED) is 0.455. The summed E-state index contributed by atoms with van der Waals surface area (Å²) in [7, 11) is 1.58. The standard InChI is InChI=1S/C20H27FN6O3/c1-29-8-9-30-17-10-12(6-7-24-17)25-19-13(18(23)28)11-14(21)20(27-19)26-16-5-3-2-4-15(16)22/h6-7,10-11,15-16H,2-5,8-9,22H2,1H3,(H2,23,28)(H2,24,25,26,27).